The van der Waals surface area contributed by atoms with Gasteiger partial charge >= 0.3 is 0 Å². The van der Waals surface area contributed by atoms with Gasteiger partial charge in [-0.3, -0.25) is 14.9 Å². The van der Waals surface area contributed by atoms with E-state index in [0.29, 0.717) is 11.1 Å². The molecule has 1 N–H and O–H groups in total. The van der Waals surface area contributed by atoms with E-state index in [0.717, 1.165) is 4.90 Å². The van der Waals surface area contributed by atoms with E-state index < -0.39 is 0 Å². The fraction of sp³-hybridized carbons (Fsp3) is 0.556. The molecule has 0 saturated heterocycles. The molecular weight excluding hydrogens is 294 g/mol. The summed E-state index contributed by atoms with van der Waals surface area (Å²) in [6.07, 6.45) is 9.94. The molecule has 1 aromatic carbocycles. The van der Waals surface area contributed by atoms with Crippen LogP contribution in [0.3, 0.4) is 0 Å². The fourth-order valence-corrected chi connectivity index (χ4v) is 5.26. The SMILES string of the molecule is CCCCC1(Sc2cccc3c2C(=O)NC3=O)CCCCC1. The third-order valence-corrected chi connectivity index (χ3v) is 6.41. The lowest BCUT2D eigenvalue weighted by Crippen LogP contribution is -2.28. The Morgan fingerprint density at radius 3 is 2.64 bits per heavy atom. The second-order valence-corrected chi connectivity index (χ2v) is 7.92. The van der Waals surface area contributed by atoms with E-state index in [9.17, 15) is 9.59 Å². The number of thioether (sulfide) groups is 1. The van der Waals surface area contributed by atoms with Gasteiger partial charge in [0.15, 0.2) is 0 Å². The van der Waals surface area contributed by atoms with Crippen LogP contribution in [-0.2, 0) is 0 Å². The molecule has 118 valence electrons. The number of nitrogens with one attached hydrogen (secondary N) is 1. The molecule has 2 aliphatic rings. The standard InChI is InChI=1S/C18H23NO2S/c1-2-3-10-18(11-5-4-6-12-18)22-14-9-7-8-13-15(14)17(21)19-16(13)20/h7-9H,2-6,10-12H2,1H3,(H,19,20,21). The summed E-state index contributed by atoms with van der Waals surface area (Å²) < 4.78 is 0.245. The van der Waals surface area contributed by atoms with E-state index in [-0.39, 0.29) is 16.6 Å². The summed E-state index contributed by atoms with van der Waals surface area (Å²) in [5.41, 5.74) is 1.13. The first-order chi connectivity index (χ1) is 10.7. The van der Waals surface area contributed by atoms with Gasteiger partial charge < -0.3 is 0 Å². The maximum atomic E-state index is 12.1. The average molecular weight is 317 g/mol. The highest BCUT2D eigenvalue weighted by Crippen LogP contribution is 2.48. The Hall–Kier alpha value is -1.29. The van der Waals surface area contributed by atoms with Crippen LogP contribution >= 0.6 is 11.8 Å². The Labute approximate surface area is 136 Å². The summed E-state index contributed by atoms with van der Waals surface area (Å²) in [5.74, 6) is -0.488. The first-order valence-electron chi connectivity index (χ1n) is 8.33. The van der Waals surface area contributed by atoms with E-state index in [2.05, 4.69) is 12.2 Å². The van der Waals surface area contributed by atoms with Crippen molar-refractivity contribution in [1.29, 1.82) is 0 Å². The number of amides is 2. The summed E-state index contributed by atoms with van der Waals surface area (Å²) >= 11 is 1.85. The van der Waals surface area contributed by atoms with Crippen LogP contribution in [0.5, 0.6) is 0 Å². The highest BCUT2D eigenvalue weighted by molar-refractivity contribution is 8.00. The summed E-state index contributed by atoms with van der Waals surface area (Å²) in [4.78, 5) is 24.9. The average Bonchev–Trinajstić information content (AvgIpc) is 2.82. The van der Waals surface area contributed by atoms with Crippen LogP contribution in [0.4, 0.5) is 0 Å². The zero-order valence-corrected chi connectivity index (χ0v) is 13.9. The van der Waals surface area contributed by atoms with Gasteiger partial charge in [0.25, 0.3) is 11.8 Å². The lowest BCUT2D eigenvalue weighted by Gasteiger charge is -2.37. The van der Waals surface area contributed by atoms with Gasteiger partial charge in [0.05, 0.1) is 11.1 Å². The first kappa shape index (κ1) is 15.6. The van der Waals surface area contributed by atoms with Crippen LogP contribution < -0.4 is 5.32 Å². The summed E-state index contributed by atoms with van der Waals surface area (Å²) in [6.45, 7) is 2.23. The van der Waals surface area contributed by atoms with Crippen molar-refractivity contribution in [3.63, 3.8) is 0 Å². The van der Waals surface area contributed by atoms with Crippen molar-refractivity contribution in [1.82, 2.24) is 5.32 Å². The number of hydrogen-bond acceptors (Lipinski definition) is 3. The van der Waals surface area contributed by atoms with Crippen LogP contribution in [0.15, 0.2) is 23.1 Å². The van der Waals surface area contributed by atoms with Gasteiger partial charge in [-0.1, -0.05) is 45.1 Å². The monoisotopic (exact) mass is 317 g/mol. The van der Waals surface area contributed by atoms with Crippen molar-refractivity contribution in [3.05, 3.63) is 29.3 Å². The Balaban J connectivity index is 1.91. The van der Waals surface area contributed by atoms with Crippen molar-refractivity contribution in [2.24, 2.45) is 0 Å². The number of imide groups is 1. The number of unbranched alkanes of at least 4 members (excludes halogenated alkanes) is 1. The molecule has 1 aliphatic heterocycles. The van der Waals surface area contributed by atoms with E-state index in [4.69, 9.17) is 0 Å². The number of fused-ring (bicyclic) bond motifs is 1. The quantitative estimate of drug-likeness (QED) is 0.810. The van der Waals surface area contributed by atoms with Gasteiger partial charge in [-0.05, 0) is 31.4 Å². The third-order valence-electron chi connectivity index (χ3n) is 4.80. The number of hydrogen-bond donors (Lipinski definition) is 1. The molecule has 0 radical (unpaired) electrons. The molecule has 0 atom stereocenters. The van der Waals surface area contributed by atoms with E-state index >= 15 is 0 Å². The highest BCUT2D eigenvalue weighted by atomic mass is 32.2. The lowest BCUT2D eigenvalue weighted by molar-refractivity contribution is 0.0879. The van der Waals surface area contributed by atoms with Crippen LogP contribution in [0.2, 0.25) is 0 Å². The van der Waals surface area contributed by atoms with Crippen molar-refractivity contribution in [2.45, 2.75) is 67.9 Å². The van der Waals surface area contributed by atoms with Crippen LogP contribution in [0, 0.1) is 0 Å². The van der Waals surface area contributed by atoms with Crippen molar-refractivity contribution >= 4 is 23.6 Å². The van der Waals surface area contributed by atoms with Gasteiger partial charge in [-0.15, -0.1) is 11.8 Å². The maximum absolute atomic E-state index is 12.1. The highest BCUT2D eigenvalue weighted by Gasteiger charge is 2.36. The molecule has 1 fully saturated rings. The topological polar surface area (TPSA) is 46.2 Å². The summed E-state index contributed by atoms with van der Waals surface area (Å²) in [5, 5.41) is 2.42. The summed E-state index contributed by atoms with van der Waals surface area (Å²) in [7, 11) is 0. The molecule has 1 heterocycles. The maximum Gasteiger partial charge on any atom is 0.260 e. The molecule has 0 spiro atoms. The van der Waals surface area contributed by atoms with Gasteiger partial charge in [0, 0.05) is 9.64 Å². The zero-order valence-electron chi connectivity index (χ0n) is 13.1. The number of benzene rings is 1. The molecule has 1 aliphatic carbocycles. The predicted octanol–water partition coefficient (Wildman–Crippen LogP) is 4.56. The number of rotatable bonds is 5. The fourth-order valence-electron chi connectivity index (χ4n) is 3.60. The van der Waals surface area contributed by atoms with E-state index in [1.54, 1.807) is 6.07 Å². The molecule has 3 nitrogen and oxygen atoms in total. The van der Waals surface area contributed by atoms with Crippen LogP contribution in [0.1, 0.15) is 79.0 Å². The van der Waals surface area contributed by atoms with Crippen LogP contribution in [0.25, 0.3) is 0 Å². The molecule has 1 saturated carbocycles. The predicted molar refractivity (Wildman–Crippen MR) is 89.4 cm³/mol. The molecule has 1 aromatic rings. The minimum Gasteiger partial charge on any atom is -0.288 e. The third kappa shape index (κ3) is 2.94. The molecule has 0 unspecified atom stereocenters. The lowest BCUT2D eigenvalue weighted by atomic mass is 9.85. The van der Waals surface area contributed by atoms with Gasteiger partial charge in [-0.2, -0.15) is 0 Å². The Bertz CT molecular complexity index is 591. The van der Waals surface area contributed by atoms with E-state index in [1.807, 2.05) is 23.9 Å². The molecule has 22 heavy (non-hydrogen) atoms. The molecule has 0 bridgehead atoms. The first-order valence-corrected chi connectivity index (χ1v) is 9.14. The zero-order chi connectivity index (χ0) is 15.6. The number of carbonyl (C=O) groups excluding carboxylic acids is 2. The number of carbonyl (C=O) groups is 2. The molecule has 4 heteroatoms. The summed E-state index contributed by atoms with van der Waals surface area (Å²) in [6, 6.07) is 5.65. The minimum atomic E-state index is -0.256. The van der Waals surface area contributed by atoms with Crippen molar-refractivity contribution in [3.8, 4) is 0 Å². The Morgan fingerprint density at radius 2 is 1.91 bits per heavy atom. The molecule has 2 amide bonds. The van der Waals surface area contributed by atoms with Crippen LogP contribution in [-0.4, -0.2) is 16.6 Å². The second-order valence-electron chi connectivity index (χ2n) is 6.41. The largest absolute Gasteiger partial charge is 0.288 e. The van der Waals surface area contributed by atoms with Crippen molar-refractivity contribution < 1.29 is 9.59 Å². The molecular formula is C18H23NO2S. The minimum absolute atomic E-state index is 0.232. The normalized spacial score (nSPS) is 19.9. The molecule has 3 rings (SSSR count). The molecule has 0 aromatic heterocycles. The van der Waals surface area contributed by atoms with Gasteiger partial charge in [0.1, 0.15) is 0 Å². The van der Waals surface area contributed by atoms with Gasteiger partial charge in [0.2, 0.25) is 0 Å². The smallest absolute Gasteiger partial charge is 0.260 e. The van der Waals surface area contributed by atoms with E-state index in [1.165, 1.54) is 51.4 Å². The van der Waals surface area contributed by atoms with Crippen molar-refractivity contribution in [2.75, 3.05) is 0 Å². The Morgan fingerprint density at radius 1 is 1.14 bits per heavy atom. The second kappa shape index (κ2) is 6.45. The Kier molecular flexibility index (Phi) is 4.57. The van der Waals surface area contributed by atoms with Gasteiger partial charge in [-0.25, -0.2) is 0 Å².